The topological polar surface area (TPSA) is 80.9 Å². The zero-order valence-electron chi connectivity index (χ0n) is 10.6. The maximum Gasteiger partial charge on any atom is 0.268 e. The minimum Gasteiger partial charge on any atom is -0.345 e. The van der Waals surface area contributed by atoms with Crippen molar-refractivity contribution in [2.45, 2.75) is 6.54 Å². The molecule has 3 heterocycles. The molecule has 0 saturated heterocycles. The molecule has 0 atom stereocenters. The molecule has 0 spiro atoms. The van der Waals surface area contributed by atoms with Gasteiger partial charge in [0.25, 0.3) is 11.8 Å². The molecule has 0 aliphatic rings. The number of hydrogen-bond acceptors (Lipinski definition) is 6. The fourth-order valence-corrected chi connectivity index (χ4v) is 2.49. The van der Waals surface area contributed by atoms with Gasteiger partial charge >= 0.3 is 0 Å². The number of aromatic nitrogens is 3. The molecule has 0 radical (unpaired) electrons. The van der Waals surface area contributed by atoms with Crippen LogP contribution in [0.3, 0.4) is 0 Å². The van der Waals surface area contributed by atoms with Crippen molar-refractivity contribution in [3.63, 3.8) is 0 Å². The Kier molecular flexibility index (Phi) is 3.94. The van der Waals surface area contributed by atoms with Gasteiger partial charge in [-0.15, -0.1) is 11.3 Å². The van der Waals surface area contributed by atoms with Crippen molar-refractivity contribution >= 4 is 28.8 Å². The van der Waals surface area contributed by atoms with Crippen LogP contribution in [0.25, 0.3) is 10.8 Å². The Labute approximate surface area is 128 Å². The highest BCUT2D eigenvalue weighted by Crippen LogP contribution is 2.22. The normalized spacial score (nSPS) is 10.5. The number of amides is 1. The number of thiophene rings is 1. The lowest BCUT2D eigenvalue weighted by Crippen LogP contribution is -2.23. The minimum absolute atomic E-state index is 0.152. The lowest BCUT2D eigenvalue weighted by Gasteiger charge is -2.03. The summed E-state index contributed by atoms with van der Waals surface area (Å²) in [5.74, 6) is 0.496. The number of pyridine rings is 1. The molecule has 3 aromatic rings. The number of rotatable bonds is 4. The summed E-state index contributed by atoms with van der Waals surface area (Å²) in [6.07, 6.45) is 1.52. The molecule has 0 aliphatic carbocycles. The van der Waals surface area contributed by atoms with Crippen LogP contribution in [-0.4, -0.2) is 21.0 Å². The minimum atomic E-state index is -0.337. The third kappa shape index (κ3) is 3.09. The van der Waals surface area contributed by atoms with Gasteiger partial charge in [-0.3, -0.25) is 4.79 Å². The van der Waals surface area contributed by atoms with Gasteiger partial charge in [0.05, 0.1) is 17.0 Å². The van der Waals surface area contributed by atoms with Crippen molar-refractivity contribution in [3.8, 4) is 10.8 Å². The van der Waals surface area contributed by atoms with Gasteiger partial charge in [0, 0.05) is 6.20 Å². The van der Waals surface area contributed by atoms with Gasteiger partial charge in [0.15, 0.2) is 5.82 Å². The van der Waals surface area contributed by atoms with Crippen molar-refractivity contribution in [2.75, 3.05) is 0 Å². The fourth-order valence-electron chi connectivity index (χ4n) is 1.64. The van der Waals surface area contributed by atoms with E-state index in [4.69, 9.17) is 16.1 Å². The first kappa shape index (κ1) is 13.7. The van der Waals surface area contributed by atoms with E-state index in [-0.39, 0.29) is 17.6 Å². The molecule has 0 unspecified atom stereocenters. The second-order valence-electron chi connectivity index (χ2n) is 4.02. The summed E-state index contributed by atoms with van der Waals surface area (Å²) >= 11 is 7.36. The lowest BCUT2D eigenvalue weighted by molar-refractivity contribution is 0.0949. The number of carbonyl (C=O) groups excluding carboxylic acids is 1. The van der Waals surface area contributed by atoms with Crippen molar-refractivity contribution in [2.24, 2.45) is 0 Å². The summed E-state index contributed by atoms with van der Waals surface area (Å²) < 4.78 is 5.13. The molecule has 6 nitrogen and oxygen atoms in total. The van der Waals surface area contributed by atoms with Gasteiger partial charge in [-0.2, -0.15) is 4.98 Å². The van der Waals surface area contributed by atoms with Crippen LogP contribution < -0.4 is 5.32 Å². The Morgan fingerprint density at radius 1 is 1.38 bits per heavy atom. The van der Waals surface area contributed by atoms with Gasteiger partial charge in [-0.05, 0) is 23.6 Å². The Morgan fingerprint density at radius 3 is 3.05 bits per heavy atom. The van der Waals surface area contributed by atoms with Crippen LogP contribution in [0.1, 0.15) is 16.2 Å². The predicted molar refractivity (Wildman–Crippen MR) is 78.0 cm³/mol. The fraction of sp³-hybridized carbons (Fsp3) is 0.0769. The molecule has 0 fully saturated rings. The number of halogens is 1. The average molecular weight is 321 g/mol. The first-order chi connectivity index (χ1) is 10.2. The average Bonchev–Trinajstić information content (AvgIpc) is 3.16. The Morgan fingerprint density at radius 2 is 2.29 bits per heavy atom. The monoisotopic (exact) mass is 320 g/mol. The number of nitrogens with zero attached hydrogens (tertiary/aromatic N) is 3. The second kappa shape index (κ2) is 6.02. The van der Waals surface area contributed by atoms with Crippen LogP contribution in [-0.2, 0) is 6.54 Å². The Balaban J connectivity index is 1.66. The van der Waals surface area contributed by atoms with Crippen LogP contribution in [0.2, 0.25) is 5.15 Å². The standard InChI is InChI=1S/C13H9ClN4O2S/c14-11-8(3-1-5-15-11)12(19)16-7-10-17-13(20-18-10)9-4-2-6-21-9/h1-6H,7H2,(H,16,19). The summed E-state index contributed by atoms with van der Waals surface area (Å²) in [4.78, 5) is 20.9. The van der Waals surface area contributed by atoms with E-state index in [0.29, 0.717) is 17.3 Å². The van der Waals surface area contributed by atoms with Gasteiger partial charge in [-0.25, -0.2) is 4.98 Å². The third-order valence-corrected chi connectivity index (χ3v) is 3.77. The Hall–Kier alpha value is -2.25. The maximum atomic E-state index is 12.0. The highest BCUT2D eigenvalue weighted by molar-refractivity contribution is 7.13. The summed E-state index contributed by atoms with van der Waals surface area (Å²) in [5.41, 5.74) is 0.307. The van der Waals surface area contributed by atoms with Crippen LogP contribution in [0.4, 0.5) is 0 Å². The van der Waals surface area contributed by atoms with Gasteiger partial charge in [-0.1, -0.05) is 22.8 Å². The summed E-state index contributed by atoms with van der Waals surface area (Å²) in [6, 6.07) is 7.02. The van der Waals surface area contributed by atoms with Crippen LogP contribution in [0, 0.1) is 0 Å². The zero-order valence-corrected chi connectivity index (χ0v) is 12.2. The number of nitrogens with one attached hydrogen (secondary N) is 1. The molecule has 0 aromatic carbocycles. The van der Waals surface area contributed by atoms with E-state index >= 15 is 0 Å². The smallest absolute Gasteiger partial charge is 0.268 e. The SMILES string of the molecule is O=C(NCc1noc(-c2cccs2)n1)c1cccnc1Cl. The molecule has 106 valence electrons. The molecule has 21 heavy (non-hydrogen) atoms. The largest absolute Gasteiger partial charge is 0.345 e. The molecular weight excluding hydrogens is 312 g/mol. The molecule has 0 aliphatic heterocycles. The molecule has 1 amide bonds. The number of carbonyl (C=O) groups is 1. The zero-order chi connectivity index (χ0) is 14.7. The van der Waals surface area contributed by atoms with Crippen molar-refractivity contribution in [1.82, 2.24) is 20.4 Å². The first-order valence-corrected chi connectivity index (χ1v) is 7.25. The Bertz CT molecular complexity index is 757. The highest BCUT2D eigenvalue weighted by Gasteiger charge is 2.13. The summed E-state index contributed by atoms with van der Waals surface area (Å²) in [7, 11) is 0. The van der Waals surface area contributed by atoms with Gasteiger partial charge in [0.2, 0.25) is 0 Å². The van der Waals surface area contributed by atoms with E-state index in [1.807, 2.05) is 17.5 Å². The molecule has 3 aromatic heterocycles. The van der Waals surface area contributed by atoms with E-state index in [1.54, 1.807) is 12.1 Å². The van der Waals surface area contributed by atoms with Crippen molar-refractivity contribution < 1.29 is 9.32 Å². The summed E-state index contributed by atoms with van der Waals surface area (Å²) in [6.45, 7) is 0.152. The van der Waals surface area contributed by atoms with Gasteiger partial charge < -0.3 is 9.84 Å². The van der Waals surface area contributed by atoms with Crippen LogP contribution >= 0.6 is 22.9 Å². The summed E-state index contributed by atoms with van der Waals surface area (Å²) in [5, 5.41) is 8.56. The van der Waals surface area contributed by atoms with E-state index in [1.165, 1.54) is 17.5 Å². The van der Waals surface area contributed by atoms with Gasteiger partial charge in [0.1, 0.15) is 5.15 Å². The molecule has 3 rings (SSSR count). The second-order valence-corrected chi connectivity index (χ2v) is 5.32. The molecule has 8 heteroatoms. The molecule has 0 bridgehead atoms. The van der Waals surface area contributed by atoms with Crippen molar-refractivity contribution in [3.05, 3.63) is 52.4 Å². The van der Waals surface area contributed by atoms with Crippen LogP contribution in [0.5, 0.6) is 0 Å². The van der Waals surface area contributed by atoms with E-state index in [0.717, 1.165) is 4.88 Å². The quantitative estimate of drug-likeness (QED) is 0.748. The van der Waals surface area contributed by atoms with E-state index in [9.17, 15) is 4.79 Å². The van der Waals surface area contributed by atoms with Crippen molar-refractivity contribution in [1.29, 1.82) is 0 Å². The van der Waals surface area contributed by atoms with Crippen LogP contribution in [0.15, 0.2) is 40.4 Å². The number of hydrogen-bond donors (Lipinski definition) is 1. The molecule has 0 saturated carbocycles. The third-order valence-electron chi connectivity index (χ3n) is 2.61. The maximum absolute atomic E-state index is 12.0. The predicted octanol–water partition coefficient (Wildman–Crippen LogP) is 2.78. The highest BCUT2D eigenvalue weighted by atomic mass is 35.5. The van der Waals surface area contributed by atoms with E-state index < -0.39 is 0 Å². The molecule has 1 N–H and O–H groups in total. The lowest BCUT2D eigenvalue weighted by atomic mass is 10.2. The van der Waals surface area contributed by atoms with E-state index in [2.05, 4.69) is 20.4 Å². The first-order valence-electron chi connectivity index (χ1n) is 5.99. The molecular formula is C13H9ClN4O2S.